The van der Waals surface area contributed by atoms with Gasteiger partial charge in [0.15, 0.2) is 12.2 Å². The van der Waals surface area contributed by atoms with E-state index >= 15 is 0 Å². The molecule has 0 rings (SSSR count). The first-order valence-corrected chi connectivity index (χ1v) is 44.0. The van der Waals surface area contributed by atoms with Gasteiger partial charge in [0.1, 0.15) is 19.3 Å². The lowest BCUT2D eigenvalue weighted by molar-refractivity contribution is -0.161. The summed E-state index contributed by atoms with van der Waals surface area (Å²) in [4.78, 5) is 73.1. The first kappa shape index (κ1) is 102. The molecule has 0 saturated carbocycles. The molecule has 5 atom stereocenters. The van der Waals surface area contributed by atoms with E-state index in [4.69, 9.17) is 37.0 Å². The number of hydrogen-bond acceptors (Lipinski definition) is 15. The van der Waals surface area contributed by atoms with Gasteiger partial charge in [-0.3, -0.25) is 37.3 Å². The van der Waals surface area contributed by atoms with Crippen LogP contribution in [0.5, 0.6) is 0 Å². The summed E-state index contributed by atoms with van der Waals surface area (Å²) in [5, 5.41) is 10.7. The number of carbonyl (C=O) groups is 4. The highest BCUT2D eigenvalue weighted by Crippen LogP contribution is 2.45. The summed E-state index contributed by atoms with van der Waals surface area (Å²) < 4.78 is 68.6. The summed E-state index contributed by atoms with van der Waals surface area (Å²) in [5.74, 6) is -2.36. The Labute approximate surface area is 654 Å². The van der Waals surface area contributed by atoms with Crippen molar-refractivity contribution in [2.75, 3.05) is 39.6 Å². The van der Waals surface area contributed by atoms with Crippen molar-refractivity contribution in [1.82, 2.24) is 0 Å². The smallest absolute Gasteiger partial charge is 0.462 e. The molecule has 0 amide bonds. The summed E-state index contributed by atoms with van der Waals surface area (Å²) in [5.41, 5.74) is 0. The molecule has 0 fully saturated rings. The minimum atomic E-state index is -5.01. The Hall–Kier alpha value is -5.84. The van der Waals surface area contributed by atoms with Crippen LogP contribution in [-0.2, 0) is 65.4 Å². The summed E-state index contributed by atoms with van der Waals surface area (Å²) in [6, 6.07) is 0. The third-order valence-electron chi connectivity index (χ3n) is 16.4. The van der Waals surface area contributed by atoms with Gasteiger partial charge in [-0.05, 0) is 167 Å². The van der Waals surface area contributed by atoms with Crippen LogP contribution in [0.4, 0.5) is 0 Å². The molecule has 0 spiro atoms. The van der Waals surface area contributed by atoms with E-state index in [1.165, 1.54) is 38.5 Å². The van der Waals surface area contributed by atoms with Crippen molar-refractivity contribution in [1.29, 1.82) is 0 Å². The molecular weight excluding hydrogens is 1400 g/mol. The van der Waals surface area contributed by atoms with Gasteiger partial charge in [-0.1, -0.05) is 287 Å². The molecule has 5 unspecified atom stereocenters. The van der Waals surface area contributed by atoms with Gasteiger partial charge in [0.05, 0.1) is 26.4 Å². The van der Waals surface area contributed by atoms with Gasteiger partial charge in [-0.25, -0.2) is 9.13 Å². The van der Waals surface area contributed by atoms with E-state index in [9.17, 15) is 43.2 Å². The van der Waals surface area contributed by atoms with Crippen molar-refractivity contribution >= 4 is 39.5 Å². The standard InChI is InChI=1S/C89H144O17P2/c1-5-9-13-17-21-25-29-33-37-39-41-43-47-50-54-58-62-66-70-74-87(92)100-80-85(106-89(94)76-72-68-64-60-56-52-48-44-42-40-38-34-30-26-22-18-14-10-6-2)82-104-108(97,98)102-78-83(90)77-101-107(95,96)103-81-84(105-88(93)75-71-67-63-59-55-51-46-36-32-28-24-20-16-12-8-4)79-99-86(91)73-69-65-61-57-53-49-45-35-31-27-23-19-15-11-7-3/h9-11,13-15,21-23,25-27,33-38,41-46,50,53-54,57,62,66,83-85,90H,5-8,12,16-20,24,28-32,39-40,47-49,51-52,55-56,58-61,63-65,67-82H2,1-4H3,(H,95,96)(H,97,98)/b13-9-,14-10-,15-11-,25-21-,26-22-,27-23-,37-33-,38-34-,43-41-,44-42-,45-35-,46-36-,54-50-,57-53-,66-62-. The number of rotatable bonds is 75. The molecule has 0 bridgehead atoms. The van der Waals surface area contributed by atoms with Crippen LogP contribution in [0, 0.1) is 0 Å². The average Bonchev–Trinajstić information content (AvgIpc) is 0.896. The lowest BCUT2D eigenvalue weighted by Gasteiger charge is -2.21. The van der Waals surface area contributed by atoms with Crippen molar-refractivity contribution in [3.8, 4) is 0 Å². The van der Waals surface area contributed by atoms with Gasteiger partial charge in [0.25, 0.3) is 0 Å². The van der Waals surface area contributed by atoms with Crippen molar-refractivity contribution in [2.24, 2.45) is 0 Å². The fraction of sp³-hybridized carbons (Fsp3) is 0.618. The van der Waals surface area contributed by atoms with Crippen LogP contribution in [0.2, 0.25) is 0 Å². The molecule has 0 aromatic heterocycles. The maximum atomic E-state index is 13.1. The Balaban J connectivity index is 5.51. The minimum absolute atomic E-state index is 0.0250. The quantitative estimate of drug-likeness (QED) is 0.0169. The van der Waals surface area contributed by atoms with Crippen LogP contribution >= 0.6 is 15.6 Å². The molecule has 108 heavy (non-hydrogen) atoms. The predicted octanol–water partition coefficient (Wildman–Crippen LogP) is 24.3. The van der Waals surface area contributed by atoms with E-state index in [2.05, 4.69) is 192 Å². The summed E-state index contributed by atoms with van der Waals surface area (Å²) in [6.07, 6.45) is 96.0. The Morgan fingerprint density at radius 2 is 0.500 bits per heavy atom. The maximum Gasteiger partial charge on any atom is 0.472 e. The van der Waals surface area contributed by atoms with Crippen LogP contribution in [-0.4, -0.2) is 96.7 Å². The van der Waals surface area contributed by atoms with Gasteiger partial charge in [-0.15, -0.1) is 0 Å². The monoisotopic (exact) mass is 1550 g/mol. The van der Waals surface area contributed by atoms with Crippen molar-refractivity contribution < 1.29 is 80.2 Å². The second kappa shape index (κ2) is 79.3. The summed E-state index contributed by atoms with van der Waals surface area (Å²) in [6.45, 7) is 4.36. The van der Waals surface area contributed by atoms with E-state index < -0.39 is 97.5 Å². The molecule has 0 radical (unpaired) electrons. The molecule has 19 heteroatoms. The number of hydrogen-bond donors (Lipinski definition) is 3. The molecule has 17 nitrogen and oxygen atoms in total. The number of phosphoric ester groups is 2. The maximum absolute atomic E-state index is 13.1. The second-order valence-corrected chi connectivity index (χ2v) is 29.5. The first-order valence-electron chi connectivity index (χ1n) is 41.0. The Bertz CT molecular complexity index is 2760. The fourth-order valence-corrected chi connectivity index (χ4v) is 11.8. The van der Waals surface area contributed by atoms with Gasteiger partial charge in [-0.2, -0.15) is 0 Å². The third-order valence-corrected chi connectivity index (χ3v) is 18.3. The number of phosphoric acid groups is 2. The van der Waals surface area contributed by atoms with Gasteiger partial charge in [0.2, 0.25) is 0 Å². The highest BCUT2D eigenvalue weighted by Gasteiger charge is 2.30. The number of aliphatic hydroxyl groups is 1. The largest absolute Gasteiger partial charge is 0.472 e. The highest BCUT2D eigenvalue weighted by molar-refractivity contribution is 7.47. The Kier molecular flexibility index (Phi) is 75.0. The van der Waals surface area contributed by atoms with Gasteiger partial charge < -0.3 is 33.8 Å². The lowest BCUT2D eigenvalue weighted by Crippen LogP contribution is -2.30. The van der Waals surface area contributed by atoms with E-state index in [0.29, 0.717) is 32.1 Å². The molecule has 0 saturated heterocycles. The minimum Gasteiger partial charge on any atom is -0.462 e. The Morgan fingerprint density at radius 3 is 0.824 bits per heavy atom. The fourth-order valence-electron chi connectivity index (χ4n) is 10.2. The molecule has 3 N–H and O–H groups in total. The lowest BCUT2D eigenvalue weighted by atomic mass is 10.1. The number of carbonyl (C=O) groups excluding carboxylic acids is 4. The van der Waals surface area contributed by atoms with Crippen molar-refractivity contribution in [3.63, 3.8) is 0 Å². The molecule has 0 aliphatic rings. The third kappa shape index (κ3) is 78.3. The second-order valence-electron chi connectivity index (χ2n) is 26.6. The predicted molar refractivity (Wildman–Crippen MR) is 445 cm³/mol. The van der Waals surface area contributed by atoms with E-state index in [1.54, 1.807) is 0 Å². The molecule has 0 heterocycles. The zero-order valence-corrected chi connectivity index (χ0v) is 68.7. The molecular formula is C89H144O17P2. The highest BCUT2D eigenvalue weighted by atomic mass is 31.2. The zero-order valence-electron chi connectivity index (χ0n) is 66.9. The SMILES string of the molecule is CC/C=C\C/C=C\C/C=C\C/C=C\C/C=C\C/C=C\CCC(=O)OCC(COP(=O)(O)OCC(O)COP(=O)(O)OCC(COC(=O)CCCC/C=C\C/C=C\C/C=C\C/C=C\CC)OC(=O)CCCCCCC/C=C\CCCCCCCC)OC(=O)CCCCCCCC/C=C\C/C=C\C/C=C\C/C=C\CC. The topological polar surface area (TPSA) is 237 Å². The summed E-state index contributed by atoms with van der Waals surface area (Å²) in [7, 11) is -10.0. The van der Waals surface area contributed by atoms with Crippen molar-refractivity contribution in [2.45, 2.75) is 316 Å². The van der Waals surface area contributed by atoms with Crippen molar-refractivity contribution in [3.05, 3.63) is 182 Å². The van der Waals surface area contributed by atoms with Crippen LogP contribution in [0.25, 0.3) is 0 Å². The molecule has 0 aliphatic carbocycles. The molecule has 0 aliphatic heterocycles. The van der Waals surface area contributed by atoms with E-state index in [-0.39, 0.29) is 25.7 Å². The number of unbranched alkanes of at least 4 members (excludes halogenated alkanes) is 19. The van der Waals surface area contributed by atoms with Crippen LogP contribution in [0.1, 0.15) is 297 Å². The van der Waals surface area contributed by atoms with Crippen LogP contribution < -0.4 is 0 Å². The van der Waals surface area contributed by atoms with Crippen LogP contribution in [0.15, 0.2) is 182 Å². The van der Waals surface area contributed by atoms with E-state index in [0.717, 1.165) is 173 Å². The number of esters is 4. The normalized spacial score (nSPS) is 14.8. The zero-order chi connectivity index (χ0) is 78.9. The first-order chi connectivity index (χ1) is 52.7. The number of allylic oxidation sites excluding steroid dienone is 30. The molecule has 0 aromatic carbocycles. The number of aliphatic hydroxyl groups excluding tert-OH is 1. The van der Waals surface area contributed by atoms with E-state index in [1.807, 2.05) is 18.2 Å². The Morgan fingerprint density at radius 1 is 0.269 bits per heavy atom. The average molecular weight is 1550 g/mol. The van der Waals surface area contributed by atoms with Gasteiger partial charge in [0, 0.05) is 25.7 Å². The summed E-state index contributed by atoms with van der Waals surface area (Å²) >= 11 is 0. The number of ether oxygens (including phenoxy) is 4. The molecule has 0 aromatic rings. The van der Waals surface area contributed by atoms with Gasteiger partial charge >= 0.3 is 39.5 Å². The molecule has 612 valence electrons. The van der Waals surface area contributed by atoms with Crippen LogP contribution in [0.3, 0.4) is 0 Å².